The number of anilines is 1. The summed E-state index contributed by atoms with van der Waals surface area (Å²) in [4.78, 5) is 36.0. The molecule has 1 heterocycles. The summed E-state index contributed by atoms with van der Waals surface area (Å²) in [5, 5.41) is 12.2. The Kier molecular flexibility index (Phi) is 5.41. The summed E-state index contributed by atoms with van der Waals surface area (Å²) < 4.78 is 1.63. The maximum atomic E-state index is 13.1. The van der Waals surface area contributed by atoms with Gasteiger partial charge in [-0.3, -0.25) is 9.59 Å². The Morgan fingerprint density at radius 2 is 2.11 bits per heavy atom. The van der Waals surface area contributed by atoms with Crippen molar-refractivity contribution in [1.29, 1.82) is 0 Å². The van der Waals surface area contributed by atoms with Crippen molar-refractivity contribution in [1.82, 2.24) is 9.88 Å². The van der Waals surface area contributed by atoms with Crippen molar-refractivity contribution < 1.29 is 14.7 Å². The molecule has 0 radical (unpaired) electrons. The van der Waals surface area contributed by atoms with Crippen LogP contribution in [0.2, 0.25) is 5.02 Å². The molecule has 1 aliphatic carbocycles. The number of hydrogen-bond acceptors (Lipinski definition) is 4. The van der Waals surface area contributed by atoms with Crippen LogP contribution in [-0.4, -0.2) is 28.1 Å². The highest BCUT2D eigenvalue weighted by Crippen LogP contribution is 2.36. The number of nitrogens with one attached hydrogen (secondary N) is 1. The summed E-state index contributed by atoms with van der Waals surface area (Å²) in [6, 6.07) is 5.06. The maximum absolute atomic E-state index is 13.1. The van der Waals surface area contributed by atoms with Gasteiger partial charge in [0.15, 0.2) is 5.78 Å². The molecule has 1 fully saturated rings. The number of carbonyl (C=O) groups is 2. The highest BCUT2D eigenvalue weighted by molar-refractivity contribution is 6.36. The van der Waals surface area contributed by atoms with Crippen LogP contribution < -0.4 is 16.6 Å². The first kappa shape index (κ1) is 19.2. The zero-order chi connectivity index (χ0) is 19.7. The number of hydrogen-bond donors (Lipinski definition) is 3. The first-order chi connectivity index (χ1) is 12.8. The molecule has 1 aliphatic rings. The minimum Gasteiger partial charge on any atom is -0.465 e. The molecule has 1 amide bonds. The molecule has 1 saturated carbocycles. The van der Waals surface area contributed by atoms with Crippen molar-refractivity contribution in [3.05, 3.63) is 39.1 Å². The summed E-state index contributed by atoms with van der Waals surface area (Å²) in [5.74, 6) is -0.271. The van der Waals surface area contributed by atoms with Gasteiger partial charge in [0.05, 0.1) is 16.2 Å². The van der Waals surface area contributed by atoms with Crippen LogP contribution >= 0.6 is 11.6 Å². The van der Waals surface area contributed by atoms with Gasteiger partial charge in [-0.15, -0.1) is 0 Å². The van der Waals surface area contributed by atoms with E-state index in [1.165, 1.54) is 6.92 Å². The SMILES string of the molecule is CC(=O)c1c(N)c2c(Cl)cccc2n(C2CCCC(CNC(=O)O)C2)c1=O. The summed E-state index contributed by atoms with van der Waals surface area (Å²) in [7, 11) is 0. The van der Waals surface area contributed by atoms with Crippen LogP contribution in [0.5, 0.6) is 0 Å². The van der Waals surface area contributed by atoms with Gasteiger partial charge in [0.25, 0.3) is 5.56 Å². The third-order valence-electron chi connectivity index (χ3n) is 5.24. The lowest BCUT2D eigenvalue weighted by Gasteiger charge is -2.32. The second-order valence-corrected chi connectivity index (χ2v) is 7.43. The van der Waals surface area contributed by atoms with Crippen molar-refractivity contribution in [2.24, 2.45) is 5.92 Å². The van der Waals surface area contributed by atoms with E-state index in [1.807, 2.05) is 0 Å². The molecular formula is C19H22ClN3O4. The second-order valence-electron chi connectivity index (χ2n) is 7.03. The molecule has 2 unspecified atom stereocenters. The molecule has 0 aliphatic heterocycles. The number of pyridine rings is 1. The molecule has 0 bridgehead atoms. The molecule has 2 aromatic rings. The predicted molar refractivity (Wildman–Crippen MR) is 105 cm³/mol. The molecule has 27 heavy (non-hydrogen) atoms. The fourth-order valence-corrected chi connectivity index (χ4v) is 4.34. The quantitative estimate of drug-likeness (QED) is 0.690. The van der Waals surface area contributed by atoms with E-state index in [4.69, 9.17) is 22.4 Å². The number of aromatic nitrogens is 1. The Morgan fingerprint density at radius 1 is 1.37 bits per heavy atom. The molecule has 1 aromatic carbocycles. The zero-order valence-electron chi connectivity index (χ0n) is 15.0. The Balaban J connectivity index is 2.13. The Morgan fingerprint density at radius 3 is 2.78 bits per heavy atom. The normalized spacial score (nSPS) is 19.8. The van der Waals surface area contributed by atoms with E-state index in [1.54, 1.807) is 22.8 Å². The first-order valence-corrected chi connectivity index (χ1v) is 9.29. The van der Waals surface area contributed by atoms with Gasteiger partial charge >= 0.3 is 6.09 Å². The highest BCUT2D eigenvalue weighted by Gasteiger charge is 2.28. The predicted octanol–water partition coefficient (Wildman–Crippen LogP) is 3.44. The van der Waals surface area contributed by atoms with Crippen molar-refractivity contribution in [3.8, 4) is 0 Å². The van der Waals surface area contributed by atoms with Crippen LogP contribution in [0, 0.1) is 5.92 Å². The van der Waals surface area contributed by atoms with E-state index in [-0.39, 0.29) is 23.2 Å². The number of amides is 1. The number of nitrogen functional groups attached to an aromatic ring is 1. The number of nitrogens with two attached hydrogens (primary N) is 1. The minimum absolute atomic E-state index is 0.0404. The van der Waals surface area contributed by atoms with Crippen LogP contribution in [0.1, 0.15) is 49.0 Å². The first-order valence-electron chi connectivity index (χ1n) is 8.91. The fourth-order valence-electron chi connectivity index (χ4n) is 4.07. The van der Waals surface area contributed by atoms with Crippen molar-refractivity contribution in [2.45, 2.75) is 38.6 Å². The molecule has 4 N–H and O–H groups in total. The Bertz CT molecular complexity index is 970. The number of fused-ring (bicyclic) bond motifs is 1. The number of halogens is 1. The molecule has 1 aromatic heterocycles. The van der Waals surface area contributed by atoms with E-state index in [9.17, 15) is 14.4 Å². The Hall–Kier alpha value is -2.54. The largest absolute Gasteiger partial charge is 0.465 e. The van der Waals surface area contributed by atoms with Crippen molar-refractivity contribution in [2.75, 3.05) is 12.3 Å². The van der Waals surface area contributed by atoms with Gasteiger partial charge in [0.2, 0.25) is 0 Å². The number of ketones is 1. The Labute approximate surface area is 161 Å². The van der Waals surface area contributed by atoms with Gasteiger partial charge < -0.3 is 20.7 Å². The molecule has 3 rings (SSSR count). The average Bonchev–Trinajstić information content (AvgIpc) is 2.60. The third kappa shape index (κ3) is 3.64. The molecule has 144 valence electrons. The van der Waals surface area contributed by atoms with E-state index >= 15 is 0 Å². The number of carboxylic acid groups (broad SMARTS) is 1. The second kappa shape index (κ2) is 7.60. The molecule has 7 nitrogen and oxygen atoms in total. The number of rotatable bonds is 4. The summed E-state index contributed by atoms with van der Waals surface area (Å²) in [6.07, 6.45) is 2.11. The van der Waals surface area contributed by atoms with E-state index in [0.29, 0.717) is 28.9 Å². The molecule has 0 saturated heterocycles. The van der Waals surface area contributed by atoms with Gasteiger partial charge in [-0.05, 0) is 44.2 Å². The fraction of sp³-hybridized carbons (Fsp3) is 0.421. The lowest BCUT2D eigenvalue weighted by Crippen LogP contribution is -2.36. The van der Waals surface area contributed by atoms with Gasteiger partial charge in [-0.2, -0.15) is 0 Å². The lowest BCUT2D eigenvalue weighted by atomic mass is 9.85. The van der Waals surface area contributed by atoms with Crippen LogP contribution in [0.4, 0.5) is 10.5 Å². The molecule has 2 atom stereocenters. The van der Waals surface area contributed by atoms with Crippen LogP contribution in [0.3, 0.4) is 0 Å². The number of carbonyl (C=O) groups excluding carboxylic acids is 1. The van der Waals surface area contributed by atoms with Crippen molar-refractivity contribution >= 4 is 40.1 Å². The van der Waals surface area contributed by atoms with Gasteiger partial charge in [-0.25, -0.2) is 4.79 Å². The van der Waals surface area contributed by atoms with Gasteiger partial charge in [0.1, 0.15) is 5.56 Å². The highest BCUT2D eigenvalue weighted by atomic mass is 35.5. The molecule has 8 heteroatoms. The minimum atomic E-state index is -1.06. The van der Waals surface area contributed by atoms with Crippen LogP contribution in [-0.2, 0) is 0 Å². The smallest absolute Gasteiger partial charge is 0.404 e. The molecular weight excluding hydrogens is 370 g/mol. The maximum Gasteiger partial charge on any atom is 0.404 e. The number of nitrogens with zero attached hydrogens (tertiary/aromatic N) is 1. The molecule has 0 spiro atoms. The van der Waals surface area contributed by atoms with Crippen LogP contribution in [0.15, 0.2) is 23.0 Å². The number of Topliss-reactive ketones (excluding diaryl/α,β-unsaturated/α-hetero) is 1. The van der Waals surface area contributed by atoms with Crippen molar-refractivity contribution in [3.63, 3.8) is 0 Å². The monoisotopic (exact) mass is 391 g/mol. The van der Waals surface area contributed by atoms with E-state index < -0.39 is 17.4 Å². The standard InChI is InChI=1S/C19H22ClN3O4/c1-10(24)15-17(21)16-13(20)6-3-7-14(16)23(18(15)25)12-5-2-4-11(8-12)9-22-19(26)27/h3,6-7,11-12,22H,2,4-5,8-9,21H2,1H3,(H,26,27). The van der Waals surface area contributed by atoms with Gasteiger partial charge in [0, 0.05) is 18.0 Å². The topological polar surface area (TPSA) is 114 Å². The summed E-state index contributed by atoms with van der Waals surface area (Å²) in [5.41, 5.74) is 6.40. The van der Waals surface area contributed by atoms with Gasteiger partial charge in [-0.1, -0.05) is 24.1 Å². The van der Waals surface area contributed by atoms with Crippen LogP contribution in [0.25, 0.3) is 10.9 Å². The summed E-state index contributed by atoms with van der Waals surface area (Å²) in [6.45, 7) is 1.66. The number of benzene rings is 1. The zero-order valence-corrected chi connectivity index (χ0v) is 15.8. The average molecular weight is 392 g/mol. The van der Waals surface area contributed by atoms with E-state index in [2.05, 4.69) is 5.32 Å². The van der Waals surface area contributed by atoms with E-state index in [0.717, 1.165) is 19.3 Å². The third-order valence-corrected chi connectivity index (χ3v) is 5.55. The summed E-state index contributed by atoms with van der Waals surface area (Å²) >= 11 is 6.33. The lowest BCUT2D eigenvalue weighted by molar-refractivity contribution is 0.101.